The minimum atomic E-state index is -0.234. The molecule has 0 unspecified atom stereocenters. The highest BCUT2D eigenvalue weighted by molar-refractivity contribution is 5.72. The van der Waals surface area contributed by atoms with E-state index in [0.717, 1.165) is 58.6 Å². The molecule has 0 saturated heterocycles. The van der Waals surface area contributed by atoms with Crippen molar-refractivity contribution in [3.63, 3.8) is 0 Å². The van der Waals surface area contributed by atoms with Crippen molar-refractivity contribution in [1.29, 1.82) is 0 Å². The zero-order valence-corrected chi connectivity index (χ0v) is 19.2. The molecule has 0 fully saturated rings. The Labute approximate surface area is 195 Å². The molecule has 1 aliphatic heterocycles. The molecule has 4 rings (SSSR count). The lowest BCUT2D eigenvalue weighted by Crippen LogP contribution is -2.09. The summed E-state index contributed by atoms with van der Waals surface area (Å²) in [6.07, 6.45) is 4.82. The Morgan fingerprint density at radius 1 is 1.21 bits per heavy atom. The van der Waals surface area contributed by atoms with Gasteiger partial charge in [-0.3, -0.25) is 4.79 Å². The van der Waals surface area contributed by atoms with Crippen molar-refractivity contribution in [2.24, 2.45) is 0 Å². The lowest BCUT2D eigenvalue weighted by molar-refractivity contribution is -0.141. The minimum absolute atomic E-state index is 0.0177. The van der Waals surface area contributed by atoms with Crippen molar-refractivity contribution in [3.05, 3.63) is 88.7 Å². The van der Waals surface area contributed by atoms with Crippen LogP contribution in [0, 0.1) is 0 Å². The third kappa shape index (κ3) is 5.30. The number of carbonyl (C=O) groups is 1. The van der Waals surface area contributed by atoms with Crippen LogP contribution in [0.25, 0.3) is 5.57 Å². The van der Waals surface area contributed by atoms with Gasteiger partial charge in [0.05, 0.1) is 20.1 Å². The molecule has 5 nitrogen and oxygen atoms in total. The van der Waals surface area contributed by atoms with Gasteiger partial charge in [-0.05, 0) is 72.2 Å². The van der Waals surface area contributed by atoms with Gasteiger partial charge in [-0.2, -0.15) is 0 Å². The van der Waals surface area contributed by atoms with Crippen LogP contribution < -0.4 is 9.47 Å². The molecule has 2 aliphatic rings. The van der Waals surface area contributed by atoms with Crippen LogP contribution in [0.3, 0.4) is 0 Å². The fourth-order valence-electron chi connectivity index (χ4n) is 4.39. The van der Waals surface area contributed by atoms with Gasteiger partial charge < -0.3 is 19.3 Å². The van der Waals surface area contributed by atoms with E-state index in [1.54, 1.807) is 0 Å². The summed E-state index contributed by atoms with van der Waals surface area (Å²) in [5.74, 6) is 1.55. The Bertz CT molecular complexity index is 1120. The summed E-state index contributed by atoms with van der Waals surface area (Å²) in [4.78, 5) is 11.6. The van der Waals surface area contributed by atoms with Gasteiger partial charge in [-0.25, -0.2) is 0 Å². The van der Waals surface area contributed by atoms with Crippen molar-refractivity contribution >= 4 is 11.5 Å². The van der Waals surface area contributed by atoms with Crippen LogP contribution in [0.15, 0.2) is 72.0 Å². The van der Waals surface area contributed by atoms with E-state index in [2.05, 4.69) is 18.7 Å². The number of fused-ring (bicyclic) bond motifs is 1. The number of benzene rings is 2. The summed E-state index contributed by atoms with van der Waals surface area (Å²) >= 11 is 0. The number of aliphatic hydroxyl groups is 1. The number of aliphatic hydroxyl groups excluding tert-OH is 1. The second-order valence-electron chi connectivity index (χ2n) is 8.63. The van der Waals surface area contributed by atoms with Gasteiger partial charge in [-0.15, -0.1) is 0 Å². The van der Waals surface area contributed by atoms with E-state index < -0.39 is 0 Å². The SMILES string of the molecule is C=C1CCC/C(c2cccc(COc3ccc4c(c3)OC[C@H]4CC(=O)OC)c2)=C(/C)C=C1O. The molecular weight excluding hydrogens is 416 g/mol. The number of carbonyl (C=O) groups excluding carboxylic acids is 1. The van der Waals surface area contributed by atoms with Crippen LogP contribution in [0.5, 0.6) is 11.5 Å². The first-order valence-corrected chi connectivity index (χ1v) is 11.3. The van der Waals surface area contributed by atoms with E-state index in [1.807, 2.05) is 43.3 Å². The van der Waals surface area contributed by atoms with E-state index in [-0.39, 0.29) is 17.6 Å². The molecule has 2 aromatic carbocycles. The summed E-state index contributed by atoms with van der Waals surface area (Å²) in [6.45, 7) is 6.89. The maximum atomic E-state index is 11.6. The van der Waals surface area contributed by atoms with Crippen molar-refractivity contribution in [1.82, 2.24) is 0 Å². The average molecular weight is 447 g/mol. The van der Waals surface area contributed by atoms with Gasteiger partial charge in [0.1, 0.15) is 23.9 Å². The van der Waals surface area contributed by atoms with Crippen LogP contribution in [-0.2, 0) is 16.1 Å². The summed E-state index contributed by atoms with van der Waals surface area (Å²) in [5.41, 5.74) is 6.32. The summed E-state index contributed by atoms with van der Waals surface area (Å²) in [6, 6.07) is 14.1. The van der Waals surface area contributed by atoms with Crippen molar-refractivity contribution in [3.8, 4) is 11.5 Å². The predicted molar refractivity (Wildman–Crippen MR) is 128 cm³/mol. The highest BCUT2D eigenvalue weighted by Gasteiger charge is 2.27. The molecule has 5 heteroatoms. The second kappa shape index (κ2) is 9.99. The molecule has 1 N–H and O–H groups in total. The van der Waals surface area contributed by atoms with Gasteiger partial charge in [0.25, 0.3) is 0 Å². The van der Waals surface area contributed by atoms with Gasteiger partial charge in [0.2, 0.25) is 0 Å². The fourth-order valence-corrected chi connectivity index (χ4v) is 4.39. The zero-order chi connectivity index (χ0) is 23.4. The Kier molecular flexibility index (Phi) is 6.87. The highest BCUT2D eigenvalue weighted by Crippen LogP contribution is 2.38. The largest absolute Gasteiger partial charge is 0.508 e. The molecule has 1 heterocycles. The Hall–Kier alpha value is -3.47. The molecule has 0 bridgehead atoms. The van der Waals surface area contributed by atoms with Crippen molar-refractivity contribution < 1.29 is 24.1 Å². The number of esters is 1. The molecular formula is C28H30O5. The predicted octanol–water partition coefficient (Wildman–Crippen LogP) is 6.26. The first-order chi connectivity index (χ1) is 15.9. The Morgan fingerprint density at radius 2 is 2.06 bits per heavy atom. The minimum Gasteiger partial charge on any atom is -0.508 e. The highest BCUT2D eigenvalue weighted by atomic mass is 16.5. The lowest BCUT2D eigenvalue weighted by Gasteiger charge is -2.16. The second-order valence-corrected chi connectivity index (χ2v) is 8.63. The zero-order valence-electron chi connectivity index (χ0n) is 19.2. The summed E-state index contributed by atoms with van der Waals surface area (Å²) in [7, 11) is 1.40. The average Bonchev–Trinajstić information content (AvgIpc) is 3.21. The molecule has 1 aliphatic carbocycles. The smallest absolute Gasteiger partial charge is 0.306 e. The third-order valence-corrected chi connectivity index (χ3v) is 6.28. The molecule has 0 amide bonds. The molecule has 0 spiro atoms. The molecule has 2 aromatic rings. The Balaban J connectivity index is 1.46. The van der Waals surface area contributed by atoms with Crippen LogP contribution in [-0.4, -0.2) is 24.8 Å². The monoisotopic (exact) mass is 446 g/mol. The quantitative estimate of drug-likeness (QED) is 0.531. The maximum absolute atomic E-state index is 11.6. The van der Waals surface area contributed by atoms with Crippen LogP contribution in [0.2, 0.25) is 0 Å². The van der Waals surface area contributed by atoms with Gasteiger partial charge in [0.15, 0.2) is 0 Å². The van der Waals surface area contributed by atoms with E-state index in [9.17, 15) is 9.90 Å². The normalized spacial score (nSPS) is 20.2. The van der Waals surface area contributed by atoms with Gasteiger partial charge >= 0.3 is 5.97 Å². The molecule has 33 heavy (non-hydrogen) atoms. The number of hydrogen-bond donors (Lipinski definition) is 1. The first kappa shape index (κ1) is 22.7. The molecule has 0 radical (unpaired) electrons. The maximum Gasteiger partial charge on any atom is 0.306 e. The number of allylic oxidation sites excluding steroid dienone is 4. The van der Waals surface area contributed by atoms with Crippen LogP contribution >= 0.6 is 0 Å². The van der Waals surface area contributed by atoms with Gasteiger partial charge in [-0.1, -0.05) is 30.8 Å². The van der Waals surface area contributed by atoms with Gasteiger partial charge in [0, 0.05) is 17.5 Å². The number of ether oxygens (including phenoxy) is 3. The Morgan fingerprint density at radius 3 is 2.88 bits per heavy atom. The number of methoxy groups -OCH3 is 1. The van der Waals surface area contributed by atoms with Crippen LogP contribution in [0.4, 0.5) is 0 Å². The van der Waals surface area contributed by atoms with E-state index in [4.69, 9.17) is 14.2 Å². The van der Waals surface area contributed by atoms with E-state index in [0.29, 0.717) is 19.6 Å². The van der Waals surface area contributed by atoms with Crippen molar-refractivity contribution in [2.45, 2.75) is 45.1 Å². The topological polar surface area (TPSA) is 65.0 Å². The van der Waals surface area contributed by atoms with Crippen LogP contribution in [0.1, 0.15) is 55.2 Å². The molecule has 172 valence electrons. The summed E-state index contributed by atoms with van der Waals surface area (Å²) < 4.78 is 16.6. The third-order valence-electron chi connectivity index (χ3n) is 6.28. The first-order valence-electron chi connectivity index (χ1n) is 11.3. The molecule has 1 atom stereocenters. The lowest BCUT2D eigenvalue weighted by atomic mass is 9.90. The van der Waals surface area contributed by atoms with E-state index in [1.165, 1.54) is 12.7 Å². The standard InChI is InChI=1S/C28H30O5/c1-18-6-4-9-24(19(2)12-26(18)29)21-8-5-7-20(13-21)16-32-23-10-11-25-22(14-28(30)31-3)17-33-27(25)15-23/h5,7-8,10-13,15,22,29H,1,4,6,9,14,16-17H2,2-3H3/b24-19+,26-12?/t22-/m1/s1. The number of hydrogen-bond acceptors (Lipinski definition) is 5. The summed E-state index contributed by atoms with van der Waals surface area (Å²) in [5, 5.41) is 10.2. The molecule has 0 aromatic heterocycles. The number of rotatable bonds is 6. The fraction of sp³-hybridized carbons (Fsp3) is 0.321. The van der Waals surface area contributed by atoms with Crippen molar-refractivity contribution in [2.75, 3.05) is 13.7 Å². The molecule has 0 saturated carbocycles. The van der Waals surface area contributed by atoms with E-state index >= 15 is 0 Å².